The van der Waals surface area contributed by atoms with E-state index < -0.39 is 23.9 Å². The van der Waals surface area contributed by atoms with Crippen LogP contribution in [0.2, 0.25) is 0 Å². The third-order valence-corrected chi connectivity index (χ3v) is 5.75. The van der Waals surface area contributed by atoms with Crippen LogP contribution < -0.4 is 9.47 Å². The molecule has 0 bridgehead atoms. The number of benzene rings is 2. The molecule has 0 radical (unpaired) electrons. The van der Waals surface area contributed by atoms with Gasteiger partial charge in [-0.15, -0.1) is 0 Å². The van der Waals surface area contributed by atoms with Crippen molar-refractivity contribution in [1.82, 2.24) is 19.9 Å². The molecule has 1 fully saturated rings. The number of para-hydroxylation sites is 1. The number of carbonyl (C=O) groups is 2. The van der Waals surface area contributed by atoms with Gasteiger partial charge < -0.3 is 23.9 Å². The lowest BCUT2D eigenvalue weighted by atomic mass is 10.2. The van der Waals surface area contributed by atoms with Gasteiger partial charge in [-0.1, -0.05) is 12.1 Å². The first-order valence-corrected chi connectivity index (χ1v) is 11.3. The number of aliphatic carboxylic acids is 1. The Balaban J connectivity index is 1.27. The minimum atomic E-state index is -1.01. The van der Waals surface area contributed by atoms with Crippen LogP contribution in [-0.4, -0.2) is 55.5 Å². The topological polar surface area (TPSA) is 128 Å². The Morgan fingerprint density at radius 1 is 1.17 bits per heavy atom. The van der Waals surface area contributed by atoms with Crippen LogP contribution in [0.1, 0.15) is 19.8 Å². The van der Waals surface area contributed by atoms with E-state index in [1.807, 2.05) is 0 Å². The van der Waals surface area contributed by atoms with Crippen LogP contribution in [0.15, 0.2) is 59.1 Å². The second-order valence-corrected chi connectivity index (χ2v) is 8.21. The summed E-state index contributed by atoms with van der Waals surface area (Å²) in [6, 6.07) is 11.7. The highest BCUT2D eigenvalue weighted by atomic mass is 19.1. The van der Waals surface area contributed by atoms with Gasteiger partial charge in [-0.25, -0.2) is 19.2 Å². The van der Waals surface area contributed by atoms with Crippen LogP contribution in [-0.2, 0) is 9.59 Å². The van der Waals surface area contributed by atoms with E-state index in [4.69, 9.17) is 13.9 Å². The summed E-state index contributed by atoms with van der Waals surface area (Å²) in [4.78, 5) is 38.0. The van der Waals surface area contributed by atoms with Crippen LogP contribution >= 0.6 is 0 Å². The summed E-state index contributed by atoms with van der Waals surface area (Å²) in [5.74, 6) is -1.22. The standard InChI is InChI=1S/C25H21FN4O6/c1-14(23(31)30-12-4-6-19(30)24(32)33)34-16-10-8-15(9-11-16)21-28-18-13-27-25(29-22(18)36-21)35-20-7-3-2-5-17(20)26/h2-3,5,7-11,13-14,19H,4,6,12H2,1H3,(H,32,33)/t14?,19-/m0/s1. The van der Waals surface area contributed by atoms with E-state index >= 15 is 0 Å². The predicted octanol–water partition coefficient (Wildman–Crippen LogP) is 4.06. The second-order valence-electron chi connectivity index (χ2n) is 8.21. The number of carbonyl (C=O) groups excluding carboxylic acids is 1. The Morgan fingerprint density at radius 2 is 1.94 bits per heavy atom. The van der Waals surface area contributed by atoms with Crippen LogP contribution in [0.4, 0.5) is 4.39 Å². The first kappa shape index (κ1) is 23.2. The zero-order valence-corrected chi connectivity index (χ0v) is 19.1. The van der Waals surface area contributed by atoms with E-state index in [1.54, 1.807) is 43.3 Å². The van der Waals surface area contributed by atoms with Crippen LogP contribution in [0, 0.1) is 5.82 Å². The minimum Gasteiger partial charge on any atom is -0.481 e. The summed E-state index contributed by atoms with van der Waals surface area (Å²) in [6.07, 6.45) is 1.66. The lowest BCUT2D eigenvalue weighted by Gasteiger charge is -2.25. The molecule has 0 spiro atoms. The van der Waals surface area contributed by atoms with Crippen LogP contribution in [0.5, 0.6) is 17.5 Å². The molecule has 1 saturated heterocycles. The normalized spacial score (nSPS) is 16.2. The van der Waals surface area contributed by atoms with E-state index in [9.17, 15) is 19.1 Å². The third-order valence-electron chi connectivity index (χ3n) is 5.75. The van der Waals surface area contributed by atoms with Gasteiger partial charge in [-0.05, 0) is 56.2 Å². The molecule has 184 valence electrons. The van der Waals surface area contributed by atoms with E-state index in [0.29, 0.717) is 36.2 Å². The van der Waals surface area contributed by atoms with Gasteiger partial charge in [0, 0.05) is 12.1 Å². The fourth-order valence-corrected chi connectivity index (χ4v) is 3.97. The zero-order chi connectivity index (χ0) is 25.2. The van der Waals surface area contributed by atoms with E-state index in [0.717, 1.165) is 0 Å². The molecule has 1 aliphatic rings. The molecule has 2 atom stereocenters. The number of nitrogens with zero attached hydrogens (tertiary/aromatic N) is 4. The molecule has 2 aromatic carbocycles. The molecule has 3 heterocycles. The van der Waals surface area contributed by atoms with Gasteiger partial charge in [0.1, 0.15) is 17.3 Å². The van der Waals surface area contributed by atoms with Crippen molar-refractivity contribution < 1.29 is 33.0 Å². The maximum absolute atomic E-state index is 13.8. The van der Waals surface area contributed by atoms with Gasteiger partial charge >= 0.3 is 12.0 Å². The van der Waals surface area contributed by atoms with Crippen molar-refractivity contribution in [3.8, 4) is 29.0 Å². The van der Waals surface area contributed by atoms with Crippen molar-refractivity contribution >= 4 is 23.1 Å². The number of hydrogen-bond acceptors (Lipinski definition) is 8. The van der Waals surface area contributed by atoms with Gasteiger partial charge in [0.25, 0.3) is 11.6 Å². The molecular weight excluding hydrogens is 471 g/mol. The maximum Gasteiger partial charge on any atom is 0.326 e. The minimum absolute atomic E-state index is 0.0110. The first-order valence-electron chi connectivity index (χ1n) is 11.3. The number of halogens is 1. The number of rotatable bonds is 7. The molecule has 0 aliphatic carbocycles. The number of carboxylic acids is 1. The number of aromatic nitrogens is 3. The van der Waals surface area contributed by atoms with Gasteiger partial charge in [0.2, 0.25) is 5.89 Å². The summed E-state index contributed by atoms with van der Waals surface area (Å²) in [7, 11) is 0. The van der Waals surface area contributed by atoms with Gasteiger partial charge in [0.05, 0.1) is 6.20 Å². The molecule has 2 aromatic heterocycles. The molecule has 36 heavy (non-hydrogen) atoms. The lowest BCUT2D eigenvalue weighted by Crippen LogP contribution is -2.46. The number of amides is 1. The average Bonchev–Trinajstić information content (AvgIpc) is 3.53. The quantitative estimate of drug-likeness (QED) is 0.406. The van der Waals surface area contributed by atoms with Crippen molar-refractivity contribution in [1.29, 1.82) is 0 Å². The van der Waals surface area contributed by atoms with Gasteiger partial charge in [0.15, 0.2) is 17.7 Å². The van der Waals surface area contributed by atoms with E-state index in [1.165, 1.54) is 23.2 Å². The fraction of sp³-hybridized carbons (Fsp3) is 0.240. The Kier molecular flexibility index (Phi) is 6.19. The van der Waals surface area contributed by atoms with Gasteiger partial charge in [-0.2, -0.15) is 4.98 Å². The van der Waals surface area contributed by atoms with Crippen molar-refractivity contribution in [2.24, 2.45) is 0 Å². The summed E-state index contributed by atoms with van der Waals surface area (Å²) < 4.78 is 30.7. The zero-order valence-electron chi connectivity index (χ0n) is 19.1. The number of ether oxygens (including phenoxy) is 2. The summed E-state index contributed by atoms with van der Waals surface area (Å²) in [6.45, 7) is 1.99. The molecule has 1 unspecified atom stereocenters. The molecule has 1 N–H and O–H groups in total. The van der Waals surface area contributed by atoms with Crippen molar-refractivity contribution in [2.45, 2.75) is 31.9 Å². The fourth-order valence-electron chi connectivity index (χ4n) is 3.97. The monoisotopic (exact) mass is 492 g/mol. The molecule has 1 amide bonds. The Morgan fingerprint density at radius 3 is 2.69 bits per heavy atom. The molecule has 1 aliphatic heterocycles. The highest BCUT2D eigenvalue weighted by molar-refractivity contribution is 5.87. The molecule has 0 saturated carbocycles. The lowest BCUT2D eigenvalue weighted by molar-refractivity contribution is -0.150. The number of oxazole rings is 1. The first-order chi connectivity index (χ1) is 17.4. The number of hydrogen-bond donors (Lipinski definition) is 1. The average molecular weight is 492 g/mol. The van der Waals surface area contributed by atoms with E-state index in [2.05, 4.69) is 15.0 Å². The van der Waals surface area contributed by atoms with Crippen molar-refractivity contribution in [2.75, 3.05) is 6.54 Å². The summed E-state index contributed by atoms with van der Waals surface area (Å²) >= 11 is 0. The number of carboxylic acid groups (broad SMARTS) is 1. The third kappa shape index (κ3) is 4.67. The Bertz CT molecular complexity index is 1420. The molecule has 11 heteroatoms. The smallest absolute Gasteiger partial charge is 0.326 e. The number of likely N-dealkylation sites (tertiary alicyclic amines) is 1. The number of fused-ring (bicyclic) bond motifs is 1. The molecule has 10 nitrogen and oxygen atoms in total. The maximum atomic E-state index is 13.8. The molecule has 4 aromatic rings. The highest BCUT2D eigenvalue weighted by Crippen LogP contribution is 2.28. The van der Waals surface area contributed by atoms with Gasteiger partial charge in [-0.3, -0.25) is 4.79 Å². The second kappa shape index (κ2) is 9.61. The van der Waals surface area contributed by atoms with Crippen LogP contribution in [0.3, 0.4) is 0 Å². The predicted molar refractivity (Wildman–Crippen MR) is 124 cm³/mol. The van der Waals surface area contributed by atoms with Crippen LogP contribution in [0.25, 0.3) is 22.7 Å². The molecule has 5 rings (SSSR count). The highest BCUT2D eigenvalue weighted by Gasteiger charge is 2.36. The summed E-state index contributed by atoms with van der Waals surface area (Å²) in [5.41, 5.74) is 1.19. The van der Waals surface area contributed by atoms with Crippen molar-refractivity contribution in [3.05, 3.63) is 60.5 Å². The largest absolute Gasteiger partial charge is 0.481 e. The van der Waals surface area contributed by atoms with Crippen molar-refractivity contribution in [3.63, 3.8) is 0 Å². The SMILES string of the molecule is CC(Oc1ccc(-c2nc3cnc(Oc4ccccc4F)nc3o2)cc1)C(=O)N1CCC[C@H]1C(=O)O. The summed E-state index contributed by atoms with van der Waals surface area (Å²) in [5, 5.41) is 9.31. The van der Waals surface area contributed by atoms with E-state index in [-0.39, 0.29) is 29.3 Å². The molecular formula is C25H21FN4O6. The Labute approximate surface area is 204 Å². The Hall–Kier alpha value is -4.54.